The van der Waals surface area contributed by atoms with Crippen molar-refractivity contribution in [3.63, 3.8) is 0 Å². The molecule has 1 N–H and O–H groups in total. The number of thiazole rings is 1. The lowest BCUT2D eigenvalue weighted by atomic mass is 10.2. The number of nitrogens with one attached hydrogen (secondary N) is 1. The van der Waals surface area contributed by atoms with E-state index in [0.717, 1.165) is 0 Å². The topological polar surface area (TPSA) is 15.9 Å². The number of hydrogen-bond donors (Lipinski definition) is 1. The van der Waals surface area contributed by atoms with Crippen LogP contribution in [-0.4, -0.2) is 6.04 Å². The highest BCUT2D eigenvalue weighted by Crippen LogP contribution is 2.21. The smallest absolute Gasteiger partial charge is 0.262 e. The number of aromatic nitrogens is 1. The molecule has 0 aliphatic heterocycles. The van der Waals surface area contributed by atoms with Gasteiger partial charge in [0.1, 0.15) is 11.7 Å². The van der Waals surface area contributed by atoms with Crippen molar-refractivity contribution in [1.82, 2.24) is 0 Å². The van der Waals surface area contributed by atoms with Crippen LogP contribution in [0.25, 0.3) is 22.4 Å². The van der Waals surface area contributed by atoms with E-state index in [1.165, 1.54) is 26.5 Å². The van der Waals surface area contributed by atoms with Crippen LogP contribution < -0.4 is 9.88 Å². The zero-order chi connectivity index (χ0) is 15.5. The summed E-state index contributed by atoms with van der Waals surface area (Å²) < 4.78 is 3.56. The van der Waals surface area contributed by atoms with Gasteiger partial charge in [-0.1, -0.05) is 35.6 Å². The second-order valence-electron chi connectivity index (χ2n) is 5.72. The highest BCUT2D eigenvalue weighted by atomic mass is 32.1. The molecule has 2 aromatic carbocycles. The van der Waals surface area contributed by atoms with Crippen molar-refractivity contribution in [3.8, 4) is 0 Å². The SMILES string of the molecule is CC(C)Nc1ccc(/C=C/c2sc3ccccc3[n+]2C)cc1. The average molecular weight is 309 g/mol. The Morgan fingerprint density at radius 2 is 1.73 bits per heavy atom. The molecule has 0 radical (unpaired) electrons. The predicted molar refractivity (Wildman–Crippen MR) is 97.1 cm³/mol. The van der Waals surface area contributed by atoms with Crippen LogP contribution in [0.3, 0.4) is 0 Å². The third-order valence-corrected chi connectivity index (χ3v) is 4.74. The van der Waals surface area contributed by atoms with E-state index < -0.39 is 0 Å². The van der Waals surface area contributed by atoms with Crippen molar-refractivity contribution < 1.29 is 4.57 Å². The van der Waals surface area contributed by atoms with Crippen LogP contribution in [0, 0.1) is 0 Å². The fraction of sp³-hybridized carbons (Fsp3) is 0.211. The molecule has 112 valence electrons. The Morgan fingerprint density at radius 3 is 2.41 bits per heavy atom. The molecule has 0 unspecified atom stereocenters. The normalized spacial score (nSPS) is 11.6. The van der Waals surface area contributed by atoms with E-state index in [1.54, 1.807) is 0 Å². The summed E-state index contributed by atoms with van der Waals surface area (Å²) in [5.74, 6) is 0. The minimum absolute atomic E-state index is 0.457. The number of fused-ring (bicyclic) bond motifs is 1. The fourth-order valence-corrected chi connectivity index (χ4v) is 3.51. The molecule has 0 amide bonds. The standard InChI is InChI=1S/C19H20N2S/c1-14(2)20-16-11-8-15(9-12-16)10-13-19-21(3)17-6-4-5-7-18(17)22-19/h4-14H,1-3H3/p+1. The Hall–Kier alpha value is -2.13. The van der Waals surface area contributed by atoms with Crippen LogP contribution in [-0.2, 0) is 7.05 Å². The zero-order valence-electron chi connectivity index (χ0n) is 13.2. The van der Waals surface area contributed by atoms with Crippen molar-refractivity contribution in [3.05, 3.63) is 59.1 Å². The molecule has 0 spiro atoms. The molecule has 3 rings (SSSR count). The van der Waals surface area contributed by atoms with Gasteiger partial charge >= 0.3 is 0 Å². The lowest BCUT2D eigenvalue weighted by Crippen LogP contribution is -2.28. The molecule has 0 atom stereocenters. The van der Waals surface area contributed by atoms with E-state index in [9.17, 15) is 0 Å². The summed E-state index contributed by atoms with van der Waals surface area (Å²) in [4.78, 5) is 0. The molecule has 0 bridgehead atoms. The second-order valence-corrected chi connectivity index (χ2v) is 6.78. The molecule has 0 aliphatic carbocycles. The Balaban J connectivity index is 1.82. The van der Waals surface area contributed by atoms with Crippen molar-refractivity contribution >= 4 is 39.4 Å². The van der Waals surface area contributed by atoms with Crippen LogP contribution in [0.15, 0.2) is 48.5 Å². The van der Waals surface area contributed by atoms with Gasteiger partial charge in [0.2, 0.25) is 5.52 Å². The third kappa shape index (κ3) is 3.20. The molecule has 2 nitrogen and oxygen atoms in total. The van der Waals surface area contributed by atoms with Gasteiger partial charge in [-0.25, -0.2) is 0 Å². The van der Waals surface area contributed by atoms with Gasteiger partial charge in [0.05, 0.1) is 0 Å². The van der Waals surface area contributed by atoms with Gasteiger partial charge in [-0.2, -0.15) is 4.57 Å². The van der Waals surface area contributed by atoms with Crippen molar-refractivity contribution in [1.29, 1.82) is 0 Å². The Kier molecular flexibility index (Phi) is 4.25. The van der Waals surface area contributed by atoms with Crippen LogP contribution >= 0.6 is 11.3 Å². The summed E-state index contributed by atoms with van der Waals surface area (Å²) in [6.07, 6.45) is 4.36. The molecule has 3 heteroatoms. The van der Waals surface area contributed by atoms with Crippen molar-refractivity contribution in [2.45, 2.75) is 19.9 Å². The second kappa shape index (κ2) is 6.32. The van der Waals surface area contributed by atoms with E-state index in [4.69, 9.17) is 0 Å². The van der Waals surface area contributed by atoms with Gasteiger partial charge in [0.25, 0.3) is 5.01 Å². The number of para-hydroxylation sites is 1. The van der Waals surface area contributed by atoms with E-state index in [-0.39, 0.29) is 0 Å². The molecular formula is C19H21N2S+. The molecule has 1 aromatic heterocycles. The first-order valence-electron chi connectivity index (χ1n) is 7.56. The van der Waals surface area contributed by atoms with Gasteiger partial charge in [0, 0.05) is 23.9 Å². The number of aryl methyl sites for hydroxylation is 1. The lowest BCUT2D eigenvalue weighted by Gasteiger charge is -2.09. The van der Waals surface area contributed by atoms with Crippen LogP contribution in [0.2, 0.25) is 0 Å². The molecule has 0 saturated heterocycles. The maximum Gasteiger partial charge on any atom is 0.262 e. The van der Waals surface area contributed by atoms with E-state index >= 15 is 0 Å². The quantitative estimate of drug-likeness (QED) is 0.690. The molecule has 3 aromatic rings. The molecule has 1 heterocycles. The van der Waals surface area contributed by atoms with Crippen LogP contribution in [0.5, 0.6) is 0 Å². The predicted octanol–water partition coefficient (Wildman–Crippen LogP) is 4.72. The van der Waals surface area contributed by atoms with E-state index in [2.05, 4.69) is 91.5 Å². The minimum Gasteiger partial charge on any atom is -0.383 e. The highest BCUT2D eigenvalue weighted by Gasteiger charge is 2.13. The van der Waals surface area contributed by atoms with Gasteiger partial charge in [-0.3, -0.25) is 0 Å². The van der Waals surface area contributed by atoms with Crippen molar-refractivity contribution in [2.24, 2.45) is 7.05 Å². The zero-order valence-corrected chi connectivity index (χ0v) is 14.0. The van der Waals surface area contributed by atoms with Crippen LogP contribution in [0.1, 0.15) is 24.4 Å². The maximum absolute atomic E-state index is 3.41. The Labute approximate surface area is 135 Å². The molecule has 0 fully saturated rings. The van der Waals surface area contributed by atoms with Crippen molar-refractivity contribution in [2.75, 3.05) is 5.32 Å². The summed E-state index contributed by atoms with van der Waals surface area (Å²) >= 11 is 1.82. The van der Waals surface area contributed by atoms with Gasteiger partial charge in [-0.05, 0) is 43.7 Å². The Morgan fingerprint density at radius 1 is 1.00 bits per heavy atom. The number of anilines is 1. The van der Waals surface area contributed by atoms with Gasteiger partial charge < -0.3 is 5.32 Å². The lowest BCUT2D eigenvalue weighted by molar-refractivity contribution is -0.642. The maximum atomic E-state index is 3.41. The number of rotatable bonds is 4. The van der Waals surface area contributed by atoms with E-state index in [0.29, 0.717) is 6.04 Å². The number of nitrogens with zero attached hydrogens (tertiary/aromatic N) is 1. The Bertz CT molecular complexity index is 798. The summed E-state index contributed by atoms with van der Waals surface area (Å²) in [6.45, 7) is 4.30. The summed E-state index contributed by atoms with van der Waals surface area (Å²) in [6, 6.07) is 17.5. The highest BCUT2D eigenvalue weighted by molar-refractivity contribution is 7.18. The molecule has 0 aliphatic rings. The van der Waals surface area contributed by atoms with Crippen LogP contribution in [0.4, 0.5) is 5.69 Å². The first-order valence-corrected chi connectivity index (χ1v) is 8.37. The largest absolute Gasteiger partial charge is 0.383 e. The van der Waals surface area contributed by atoms with Gasteiger partial charge in [0.15, 0.2) is 0 Å². The molecule has 0 saturated carbocycles. The monoisotopic (exact) mass is 309 g/mol. The molecular weight excluding hydrogens is 288 g/mol. The molecule has 22 heavy (non-hydrogen) atoms. The van der Waals surface area contributed by atoms with E-state index in [1.807, 2.05) is 11.3 Å². The first-order chi connectivity index (χ1) is 10.6. The summed E-state index contributed by atoms with van der Waals surface area (Å²) in [5.41, 5.74) is 3.66. The minimum atomic E-state index is 0.457. The fourth-order valence-electron chi connectivity index (χ4n) is 2.46. The first kappa shape index (κ1) is 14.8. The summed E-state index contributed by atoms with van der Waals surface area (Å²) in [5, 5.41) is 4.66. The third-order valence-electron chi connectivity index (χ3n) is 3.56. The van der Waals surface area contributed by atoms with Gasteiger partial charge in [-0.15, -0.1) is 0 Å². The summed E-state index contributed by atoms with van der Waals surface area (Å²) in [7, 11) is 2.12. The number of benzene rings is 2. The number of hydrogen-bond acceptors (Lipinski definition) is 2. The average Bonchev–Trinajstić information content (AvgIpc) is 2.83.